The summed E-state index contributed by atoms with van der Waals surface area (Å²) in [6, 6.07) is 16.7. The number of hydrogen-bond acceptors (Lipinski definition) is 2. The zero-order valence-corrected chi connectivity index (χ0v) is 16.4. The molecule has 0 saturated carbocycles. The Bertz CT molecular complexity index is 737. The number of nitrogens with one attached hydrogen (secondary N) is 1. The van der Waals surface area contributed by atoms with Crippen LogP contribution in [0.15, 0.2) is 48.5 Å². The molecule has 27 heavy (non-hydrogen) atoms. The van der Waals surface area contributed by atoms with Crippen LogP contribution in [0.3, 0.4) is 0 Å². The second kappa shape index (κ2) is 9.45. The van der Waals surface area contributed by atoms with Gasteiger partial charge < -0.3 is 15.0 Å². The Kier molecular flexibility index (Phi) is 6.74. The van der Waals surface area contributed by atoms with Crippen LogP contribution in [-0.4, -0.2) is 37.2 Å². The number of amides is 2. The van der Waals surface area contributed by atoms with E-state index < -0.39 is 0 Å². The minimum atomic E-state index is 0.0249. The second-order valence-corrected chi connectivity index (χ2v) is 7.45. The third-order valence-corrected chi connectivity index (χ3v) is 5.39. The average molecular weight is 367 g/mol. The number of hydrogen-bond donors (Lipinski definition) is 1. The summed E-state index contributed by atoms with van der Waals surface area (Å²) in [5.74, 6) is 1.53. The van der Waals surface area contributed by atoms with Crippen molar-refractivity contribution >= 4 is 6.03 Å². The van der Waals surface area contributed by atoms with Crippen molar-refractivity contribution in [3.63, 3.8) is 0 Å². The Hall–Kier alpha value is -2.49. The van der Waals surface area contributed by atoms with Gasteiger partial charge in [-0.2, -0.15) is 0 Å². The van der Waals surface area contributed by atoms with Gasteiger partial charge in [0.1, 0.15) is 12.4 Å². The molecule has 4 nitrogen and oxygen atoms in total. The van der Waals surface area contributed by atoms with Crippen molar-refractivity contribution in [2.75, 3.05) is 26.2 Å². The van der Waals surface area contributed by atoms with Crippen molar-refractivity contribution in [3.05, 3.63) is 65.2 Å². The number of likely N-dealkylation sites (tertiary alicyclic amines) is 1. The molecule has 2 amide bonds. The fraction of sp³-hybridized carbons (Fsp3) is 0.435. The van der Waals surface area contributed by atoms with Gasteiger partial charge in [-0.3, -0.25) is 0 Å². The lowest BCUT2D eigenvalue weighted by Crippen LogP contribution is -2.45. The van der Waals surface area contributed by atoms with Crippen LogP contribution in [0, 0.1) is 19.8 Å². The lowest BCUT2D eigenvalue weighted by atomic mass is 9.90. The molecule has 2 aromatic rings. The largest absolute Gasteiger partial charge is 0.492 e. The van der Waals surface area contributed by atoms with Gasteiger partial charge >= 0.3 is 6.03 Å². The van der Waals surface area contributed by atoms with Gasteiger partial charge in [0.25, 0.3) is 0 Å². The lowest BCUT2D eigenvalue weighted by molar-refractivity contribution is 0.168. The van der Waals surface area contributed by atoms with Gasteiger partial charge in [-0.25, -0.2) is 4.79 Å². The molecule has 1 aliphatic heterocycles. The van der Waals surface area contributed by atoms with E-state index in [2.05, 4.69) is 55.6 Å². The number of carbonyl (C=O) groups is 1. The SMILES string of the molecule is Cc1ccc(OCCNC(=O)N2CCC(Cc3ccccc3)CC2)cc1C. The van der Waals surface area contributed by atoms with Gasteiger partial charge in [-0.05, 0) is 67.9 Å². The minimum Gasteiger partial charge on any atom is -0.492 e. The van der Waals surface area contributed by atoms with Crippen LogP contribution in [-0.2, 0) is 6.42 Å². The number of aryl methyl sites for hydroxylation is 2. The van der Waals surface area contributed by atoms with Gasteiger partial charge in [0.15, 0.2) is 0 Å². The van der Waals surface area contributed by atoms with Crippen LogP contribution < -0.4 is 10.1 Å². The maximum atomic E-state index is 12.3. The van der Waals surface area contributed by atoms with Gasteiger partial charge in [0.2, 0.25) is 0 Å². The van der Waals surface area contributed by atoms with Crippen LogP contribution in [0.25, 0.3) is 0 Å². The van der Waals surface area contributed by atoms with Gasteiger partial charge in [-0.15, -0.1) is 0 Å². The number of nitrogens with zero attached hydrogens (tertiary/aromatic N) is 1. The van der Waals surface area contributed by atoms with Crippen molar-refractivity contribution in [1.82, 2.24) is 10.2 Å². The first-order chi connectivity index (χ1) is 13.1. The Labute approximate surface area is 162 Å². The van der Waals surface area contributed by atoms with Crippen molar-refractivity contribution in [2.24, 2.45) is 5.92 Å². The summed E-state index contributed by atoms with van der Waals surface area (Å²) in [7, 11) is 0. The first kappa shape index (κ1) is 19.3. The molecule has 1 aliphatic rings. The summed E-state index contributed by atoms with van der Waals surface area (Å²) < 4.78 is 5.73. The second-order valence-electron chi connectivity index (χ2n) is 7.45. The fourth-order valence-corrected chi connectivity index (χ4v) is 3.53. The molecule has 1 N–H and O–H groups in total. The Morgan fingerprint density at radius 3 is 2.52 bits per heavy atom. The molecule has 4 heteroatoms. The van der Waals surface area contributed by atoms with E-state index in [9.17, 15) is 4.79 Å². The zero-order valence-electron chi connectivity index (χ0n) is 16.4. The summed E-state index contributed by atoms with van der Waals surface area (Å²) >= 11 is 0. The number of ether oxygens (including phenoxy) is 1. The molecule has 0 radical (unpaired) electrons. The molecule has 0 unspecified atom stereocenters. The summed E-state index contributed by atoms with van der Waals surface area (Å²) in [6.07, 6.45) is 3.25. The van der Waals surface area contributed by atoms with Gasteiger partial charge in [0.05, 0.1) is 6.54 Å². The van der Waals surface area contributed by atoms with E-state index in [0.29, 0.717) is 19.1 Å². The molecule has 1 heterocycles. The first-order valence-corrected chi connectivity index (χ1v) is 9.88. The number of rotatable bonds is 6. The highest BCUT2D eigenvalue weighted by atomic mass is 16.5. The van der Waals surface area contributed by atoms with Gasteiger partial charge in [-0.1, -0.05) is 36.4 Å². The molecular weight excluding hydrogens is 336 g/mol. The van der Waals surface area contributed by atoms with E-state index in [1.54, 1.807) is 0 Å². The Morgan fingerprint density at radius 1 is 1.07 bits per heavy atom. The highest BCUT2D eigenvalue weighted by Gasteiger charge is 2.22. The quantitative estimate of drug-likeness (QED) is 0.773. The van der Waals surface area contributed by atoms with Crippen LogP contribution in [0.4, 0.5) is 4.79 Å². The topological polar surface area (TPSA) is 41.6 Å². The molecule has 0 aromatic heterocycles. The van der Waals surface area contributed by atoms with Crippen molar-refractivity contribution < 1.29 is 9.53 Å². The minimum absolute atomic E-state index is 0.0249. The molecule has 1 saturated heterocycles. The maximum absolute atomic E-state index is 12.3. The smallest absolute Gasteiger partial charge is 0.317 e. The normalized spacial score (nSPS) is 14.8. The van der Waals surface area contributed by atoms with Crippen LogP contribution in [0.2, 0.25) is 0 Å². The van der Waals surface area contributed by atoms with E-state index in [1.807, 2.05) is 17.0 Å². The molecule has 2 aromatic carbocycles. The number of benzene rings is 2. The number of carbonyl (C=O) groups excluding carboxylic acids is 1. The monoisotopic (exact) mass is 366 g/mol. The summed E-state index contributed by atoms with van der Waals surface area (Å²) in [5.41, 5.74) is 3.87. The first-order valence-electron chi connectivity index (χ1n) is 9.88. The van der Waals surface area contributed by atoms with E-state index in [1.165, 1.54) is 16.7 Å². The highest BCUT2D eigenvalue weighted by Crippen LogP contribution is 2.21. The lowest BCUT2D eigenvalue weighted by Gasteiger charge is -2.32. The van der Waals surface area contributed by atoms with Crippen LogP contribution in [0.1, 0.15) is 29.5 Å². The third-order valence-electron chi connectivity index (χ3n) is 5.39. The fourth-order valence-electron chi connectivity index (χ4n) is 3.53. The molecule has 0 atom stereocenters. The predicted molar refractivity (Wildman–Crippen MR) is 109 cm³/mol. The third kappa shape index (κ3) is 5.75. The maximum Gasteiger partial charge on any atom is 0.317 e. The number of urea groups is 1. The van der Waals surface area contributed by atoms with Crippen molar-refractivity contribution in [3.8, 4) is 5.75 Å². The molecular formula is C23H30N2O2. The van der Waals surface area contributed by atoms with Crippen LogP contribution in [0.5, 0.6) is 5.75 Å². The van der Waals surface area contributed by atoms with Crippen molar-refractivity contribution in [2.45, 2.75) is 33.1 Å². The Morgan fingerprint density at radius 2 is 1.81 bits per heavy atom. The molecule has 0 bridgehead atoms. The highest BCUT2D eigenvalue weighted by molar-refractivity contribution is 5.74. The molecule has 0 spiro atoms. The molecule has 3 rings (SSSR count). The summed E-state index contributed by atoms with van der Waals surface area (Å²) in [4.78, 5) is 14.3. The van der Waals surface area contributed by atoms with E-state index >= 15 is 0 Å². The van der Waals surface area contributed by atoms with Gasteiger partial charge in [0, 0.05) is 13.1 Å². The zero-order chi connectivity index (χ0) is 19.1. The van der Waals surface area contributed by atoms with E-state index in [-0.39, 0.29) is 6.03 Å². The van der Waals surface area contributed by atoms with Crippen LogP contribution >= 0.6 is 0 Å². The van der Waals surface area contributed by atoms with Crippen molar-refractivity contribution in [1.29, 1.82) is 0 Å². The summed E-state index contributed by atoms with van der Waals surface area (Å²) in [6.45, 7) is 6.84. The van der Waals surface area contributed by atoms with E-state index in [0.717, 1.165) is 38.1 Å². The molecule has 144 valence electrons. The summed E-state index contributed by atoms with van der Waals surface area (Å²) in [5, 5.41) is 2.98. The van der Waals surface area contributed by atoms with E-state index in [4.69, 9.17) is 4.74 Å². The predicted octanol–water partition coefficient (Wildman–Crippen LogP) is 4.35. The standard InChI is InChI=1S/C23H30N2O2/c1-18-8-9-22(16-19(18)2)27-15-12-24-23(26)25-13-10-21(11-14-25)17-20-6-4-3-5-7-20/h3-9,16,21H,10-15,17H2,1-2H3,(H,24,26). The number of piperidine rings is 1. The molecule has 1 fully saturated rings. The average Bonchev–Trinajstić information content (AvgIpc) is 2.69. The Balaban J connectivity index is 1.34. The molecule has 0 aliphatic carbocycles.